The van der Waals surface area contributed by atoms with Crippen molar-refractivity contribution in [2.24, 2.45) is 10.9 Å². The topological polar surface area (TPSA) is 74.7 Å². The van der Waals surface area contributed by atoms with Crippen LogP contribution in [0.1, 0.15) is 32.9 Å². The molecule has 0 radical (unpaired) electrons. The molecule has 1 heterocycles. The zero-order chi connectivity index (χ0) is 12.8. The third-order valence-corrected chi connectivity index (χ3v) is 2.53. The van der Waals surface area contributed by atoms with E-state index < -0.39 is 0 Å². The summed E-state index contributed by atoms with van der Waals surface area (Å²) in [6, 6.07) is 4.17. The second kappa shape index (κ2) is 6.08. The van der Waals surface area contributed by atoms with Gasteiger partial charge in [0.15, 0.2) is 5.84 Å². The van der Waals surface area contributed by atoms with E-state index in [1.165, 1.54) is 0 Å². The standard InChI is InChI=1S/C12H20N4O/c1-4-7-16(9(2)3)10-5-6-14-11(8-10)12(13)15-17/h5-6,8-9,17H,4,7H2,1-3H3,(H2,13,15). The molecule has 0 spiro atoms. The van der Waals surface area contributed by atoms with Crippen molar-refractivity contribution in [1.29, 1.82) is 0 Å². The number of amidine groups is 1. The second-order valence-electron chi connectivity index (χ2n) is 4.17. The molecule has 0 aromatic carbocycles. The lowest BCUT2D eigenvalue weighted by Gasteiger charge is -2.28. The normalized spacial score (nSPS) is 11.9. The van der Waals surface area contributed by atoms with E-state index in [1.54, 1.807) is 6.20 Å². The van der Waals surface area contributed by atoms with Crippen molar-refractivity contribution in [3.8, 4) is 0 Å². The van der Waals surface area contributed by atoms with Crippen molar-refractivity contribution in [3.05, 3.63) is 24.0 Å². The first-order valence-corrected chi connectivity index (χ1v) is 5.80. The SMILES string of the molecule is CCCN(c1ccnc(C(N)=NO)c1)C(C)C. The van der Waals surface area contributed by atoms with Crippen LogP contribution in [0, 0.1) is 0 Å². The molecule has 0 saturated heterocycles. The molecule has 0 unspecified atom stereocenters. The van der Waals surface area contributed by atoms with Gasteiger partial charge < -0.3 is 15.8 Å². The number of nitrogens with two attached hydrogens (primary N) is 1. The average Bonchev–Trinajstić information content (AvgIpc) is 2.34. The maximum atomic E-state index is 8.64. The summed E-state index contributed by atoms with van der Waals surface area (Å²) in [5.41, 5.74) is 7.06. The minimum absolute atomic E-state index is 0.0343. The molecular weight excluding hydrogens is 216 g/mol. The van der Waals surface area contributed by atoms with Gasteiger partial charge in [-0.25, -0.2) is 0 Å². The van der Waals surface area contributed by atoms with Crippen molar-refractivity contribution >= 4 is 11.5 Å². The first-order chi connectivity index (χ1) is 8.10. The third kappa shape index (κ3) is 3.34. The summed E-state index contributed by atoms with van der Waals surface area (Å²) >= 11 is 0. The zero-order valence-electron chi connectivity index (χ0n) is 10.6. The number of rotatable bonds is 5. The highest BCUT2D eigenvalue weighted by molar-refractivity contribution is 5.95. The van der Waals surface area contributed by atoms with Gasteiger partial charge in [0.1, 0.15) is 5.69 Å². The summed E-state index contributed by atoms with van der Waals surface area (Å²) < 4.78 is 0. The number of oxime groups is 1. The van der Waals surface area contributed by atoms with Gasteiger partial charge in [0.25, 0.3) is 0 Å². The number of nitrogens with zero attached hydrogens (tertiary/aromatic N) is 3. The number of hydrogen-bond acceptors (Lipinski definition) is 4. The van der Waals surface area contributed by atoms with Gasteiger partial charge >= 0.3 is 0 Å². The highest BCUT2D eigenvalue weighted by Gasteiger charge is 2.11. The Bertz CT molecular complexity index is 390. The van der Waals surface area contributed by atoms with Gasteiger partial charge in [-0.2, -0.15) is 0 Å². The van der Waals surface area contributed by atoms with Gasteiger partial charge in [0, 0.05) is 24.5 Å². The summed E-state index contributed by atoms with van der Waals surface area (Å²) in [5.74, 6) is 0.0343. The van der Waals surface area contributed by atoms with Gasteiger partial charge in [0.05, 0.1) is 0 Å². The third-order valence-electron chi connectivity index (χ3n) is 2.53. The van der Waals surface area contributed by atoms with Gasteiger partial charge in [-0.3, -0.25) is 4.98 Å². The lowest BCUT2D eigenvalue weighted by Crippen LogP contribution is -2.31. The molecule has 0 amide bonds. The number of anilines is 1. The van der Waals surface area contributed by atoms with Gasteiger partial charge in [0.2, 0.25) is 0 Å². The van der Waals surface area contributed by atoms with E-state index >= 15 is 0 Å². The molecule has 17 heavy (non-hydrogen) atoms. The maximum Gasteiger partial charge on any atom is 0.188 e. The molecule has 0 bridgehead atoms. The second-order valence-corrected chi connectivity index (χ2v) is 4.17. The van der Waals surface area contributed by atoms with Crippen LogP contribution >= 0.6 is 0 Å². The van der Waals surface area contributed by atoms with Gasteiger partial charge in [-0.05, 0) is 32.4 Å². The van der Waals surface area contributed by atoms with E-state index in [4.69, 9.17) is 10.9 Å². The molecule has 5 heteroatoms. The van der Waals surface area contributed by atoms with Crippen LogP contribution in [0.25, 0.3) is 0 Å². The van der Waals surface area contributed by atoms with Crippen molar-refractivity contribution in [3.63, 3.8) is 0 Å². The van der Waals surface area contributed by atoms with Crippen molar-refractivity contribution in [2.45, 2.75) is 33.2 Å². The zero-order valence-corrected chi connectivity index (χ0v) is 10.6. The fourth-order valence-corrected chi connectivity index (χ4v) is 1.72. The van der Waals surface area contributed by atoms with Crippen LogP contribution in [0.15, 0.2) is 23.5 Å². The lowest BCUT2D eigenvalue weighted by molar-refractivity contribution is 0.318. The van der Waals surface area contributed by atoms with E-state index in [2.05, 4.69) is 35.8 Å². The van der Waals surface area contributed by atoms with Gasteiger partial charge in [-0.15, -0.1) is 0 Å². The van der Waals surface area contributed by atoms with Crippen LogP contribution in [0.2, 0.25) is 0 Å². The fraction of sp³-hybridized carbons (Fsp3) is 0.500. The first kappa shape index (κ1) is 13.3. The summed E-state index contributed by atoms with van der Waals surface area (Å²) in [5, 5.41) is 11.6. The van der Waals surface area contributed by atoms with E-state index in [0.29, 0.717) is 11.7 Å². The van der Waals surface area contributed by atoms with Crippen LogP contribution in [0.3, 0.4) is 0 Å². The Hall–Kier alpha value is -1.78. The van der Waals surface area contributed by atoms with E-state index in [9.17, 15) is 0 Å². The molecule has 1 aromatic heterocycles. The van der Waals surface area contributed by atoms with Crippen LogP contribution in [-0.4, -0.2) is 28.6 Å². The highest BCUT2D eigenvalue weighted by Crippen LogP contribution is 2.17. The van der Waals surface area contributed by atoms with Crippen molar-refractivity contribution < 1.29 is 5.21 Å². The molecule has 0 aliphatic carbocycles. The molecular formula is C12H20N4O. The average molecular weight is 236 g/mol. The van der Waals surface area contributed by atoms with Crippen LogP contribution in [-0.2, 0) is 0 Å². The smallest absolute Gasteiger partial charge is 0.188 e. The molecule has 1 rings (SSSR count). The number of pyridine rings is 1. The Morgan fingerprint density at radius 1 is 1.59 bits per heavy atom. The summed E-state index contributed by atoms with van der Waals surface area (Å²) in [6.45, 7) is 7.39. The minimum Gasteiger partial charge on any atom is -0.409 e. The Kier molecular flexibility index (Phi) is 4.75. The lowest BCUT2D eigenvalue weighted by atomic mass is 10.2. The van der Waals surface area contributed by atoms with Crippen molar-refractivity contribution in [2.75, 3.05) is 11.4 Å². The highest BCUT2D eigenvalue weighted by atomic mass is 16.4. The monoisotopic (exact) mass is 236 g/mol. The minimum atomic E-state index is 0.0343. The van der Waals surface area contributed by atoms with Crippen molar-refractivity contribution in [1.82, 2.24) is 4.98 Å². The Balaban J connectivity index is 3.04. The summed E-state index contributed by atoms with van der Waals surface area (Å²) in [7, 11) is 0. The number of hydrogen-bond donors (Lipinski definition) is 2. The summed E-state index contributed by atoms with van der Waals surface area (Å²) in [4.78, 5) is 6.33. The number of aromatic nitrogens is 1. The van der Waals surface area contributed by atoms with Gasteiger partial charge in [-0.1, -0.05) is 12.1 Å². The molecule has 5 nitrogen and oxygen atoms in total. The Morgan fingerprint density at radius 3 is 2.82 bits per heavy atom. The van der Waals surface area contributed by atoms with Crippen LogP contribution in [0.5, 0.6) is 0 Å². The molecule has 94 valence electrons. The van der Waals surface area contributed by atoms with E-state index in [0.717, 1.165) is 18.7 Å². The molecule has 0 aliphatic heterocycles. The Morgan fingerprint density at radius 2 is 2.29 bits per heavy atom. The quantitative estimate of drug-likeness (QED) is 0.354. The van der Waals surface area contributed by atoms with E-state index in [1.807, 2.05) is 12.1 Å². The molecule has 0 saturated carbocycles. The largest absolute Gasteiger partial charge is 0.409 e. The van der Waals surface area contributed by atoms with E-state index in [-0.39, 0.29) is 5.84 Å². The predicted molar refractivity (Wildman–Crippen MR) is 69.5 cm³/mol. The first-order valence-electron chi connectivity index (χ1n) is 5.80. The molecule has 3 N–H and O–H groups in total. The molecule has 0 aliphatic rings. The predicted octanol–water partition coefficient (Wildman–Crippen LogP) is 1.80. The fourth-order valence-electron chi connectivity index (χ4n) is 1.72. The Labute approximate surface area is 102 Å². The summed E-state index contributed by atoms with van der Waals surface area (Å²) in [6.07, 6.45) is 2.74. The maximum absolute atomic E-state index is 8.64. The molecule has 0 atom stereocenters. The molecule has 0 fully saturated rings. The van der Waals surface area contributed by atoms with Crippen LogP contribution in [0.4, 0.5) is 5.69 Å². The molecule has 1 aromatic rings. The van der Waals surface area contributed by atoms with Crippen LogP contribution < -0.4 is 10.6 Å².